The Kier molecular flexibility index (Phi) is 4.24. The van der Waals surface area contributed by atoms with E-state index in [1.807, 2.05) is 38.1 Å². The quantitative estimate of drug-likeness (QED) is 0.474. The number of benzene rings is 2. The summed E-state index contributed by atoms with van der Waals surface area (Å²) in [6.45, 7) is 4.01. The first kappa shape index (κ1) is 17.0. The molecule has 0 aliphatic carbocycles. The van der Waals surface area contributed by atoms with Crippen LogP contribution in [-0.2, 0) is 9.53 Å². The fourth-order valence-corrected chi connectivity index (χ4v) is 3.25. The third-order valence-electron chi connectivity index (χ3n) is 4.57. The Labute approximate surface area is 157 Å². The van der Waals surface area contributed by atoms with Crippen LogP contribution in [0.1, 0.15) is 22.4 Å². The molecule has 0 spiro atoms. The lowest BCUT2D eigenvalue weighted by Gasteiger charge is -2.07. The number of cyclic esters (lactones) is 1. The van der Waals surface area contributed by atoms with Crippen LogP contribution in [0, 0.1) is 19.7 Å². The van der Waals surface area contributed by atoms with Gasteiger partial charge in [0, 0.05) is 17.5 Å². The number of carbonyl (C=O) groups is 1. The van der Waals surface area contributed by atoms with Crippen LogP contribution >= 0.6 is 0 Å². The lowest BCUT2D eigenvalue weighted by Crippen LogP contribution is -2.01. The highest BCUT2D eigenvalue weighted by molar-refractivity contribution is 6.05. The van der Waals surface area contributed by atoms with E-state index in [0.717, 1.165) is 16.7 Å². The standard InChI is InChI=1S/C23H18FNO2/c1-15-9-10-19(16(2)12-15)22-14-17(23(26)27-22)13-18-6-5-11-25(18)21-8-4-3-7-20(21)24/h3-14H,1-2H3/b17-13-. The molecular weight excluding hydrogens is 341 g/mol. The number of esters is 1. The van der Waals surface area contributed by atoms with E-state index in [-0.39, 0.29) is 5.82 Å². The van der Waals surface area contributed by atoms with Crippen molar-refractivity contribution in [3.63, 3.8) is 0 Å². The molecule has 0 saturated heterocycles. The number of aromatic nitrogens is 1. The smallest absolute Gasteiger partial charge is 0.343 e. The molecule has 1 aliphatic heterocycles. The number of hydrogen-bond acceptors (Lipinski definition) is 2. The number of rotatable bonds is 3. The first-order chi connectivity index (χ1) is 13.0. The van der Waals surface area contributed by atoms with E-state index in [1.165, 1.54) is 6.07 Å². The predicted molar refractivity (Wildman–Crippen MR) is 104 cm³/mol. The molecule has 1 aromatic heterocycles. The molecule has 0 unspecified atom stereocenters. The van der Waals surface area contributed by atoms with E-state index < -0.39 is 5.97 Å². The van der Waals surface area contributed by atoms with Gasteiger partial charge >= 0.3 is 5.97 Å². The van der Waals surface area contributed by atoms with Crippen molar-refractivity contribution >= 4 is 17.8 Å². The Morgan fingerprint density at radius 3 is 2.63 bits per heavy atom. The van der Waals surface area contributed by atoms with Gasteiger partial charge in [0.1, 0.15) is 11.6 Å². The molecule has 0 bridgehead atoms. The molecule has 2 aromatic carbocycles. The average molecular weight is 359 g/mol. The van der Waals surface area contributed by atoms with Gasteiger partial charge in [-0.05, 0) is 55.8 Å². The second-order valence-electron chi connectivity index (χ2n) is 6.57. The zero-order valence-corrected chi connectivity index (χ0v) is 15.1. The molecule has 134 valence electrons. The Hall–Kier alpha value is -3.40. The van der Waals surface area contributed by atoms with Crippen molar-refractivity contribution in [1.29, 1.82) is 0 Å². The molecule has 0 amide bonds. The zero-order valence-electron chi connectivity index (χ0n) is 15.1. The van der Waals surface area contributed by atoms with Crippen LogP contribution < -0.4 is 0 Å². The maximum Gasteiger partial charge on any atom is 0.343 e. The first-order valence-corrected chi connectivity index (χ1v) is 8.68. The number of halogens is 1. The predicted octanol–water partition coefficient (Wildman–Crippen LogP) is 5.21. The van der Waals surface area contributed by atoms with Gasteiger partial charge < -0.3 is 9.30 Å². The first-order valence-electron chi connectivity index (χ1n) is 8.68. The number of aryl methyl sites for hydroxylation is 2. The molecule has 0 fully saturated rings. The largest absolute Gasteiger partial charge is 0.422 e. The molecule has 0 radical (unpaired) electrons. The van der Waals surface area contributed by atoms with Gasteiger partial charge in [-0.1, -0.05) is 35.9 Å². The molecule has 0 atom stereocenters. The van der Waals surface area contributed by atoms with Crippen molar-refractivity contribution in [3.8, 4) is 5.69 Å². The summed E-state index contributed by atoms with van der Waals surface area (Å²) in [7, 11) is 0. The minimum atomic E-state index is -0.411. The summed E-state index contributed by atoms with van der Waals surface area (Å²) in [5, 5.41) is 0. The Morgan fingerprint density at radius 1 is 1.04 bits per heavy atom. The zero-order chi connectivity index (χ0) is 19.0. The summed E-state index contributed by atoms with van der Waals surface area (Å²) < 4.78 is 21.3. The highest BCUT2D eigenvalue weighted by atomic mass is 19.1. The highest BCUT2D eigenvalue weighted by Gasteiger charge is 2.23. The molecular formula is C23H18FNO2. The molecule has 2 heterocycles. The number of nitrogens with zero attached hydrogens (tertiary/aromatic N) is 1. The van der Waals surface area contributed by atoms with Crippen molar-refractivity contribution in [1.82, 2.24) is 4.57 Å². The fourth-order valence-electron chi connectivity index (χ4n) is 3.25. The van der Waals surface area contributed by atoms with Crippen molar-refractivity contribution in [2.24, 2.45) is 0 Å². The minimum Gasteiger partial charge on any atom is -0.422 e. The van der Waals surface area contributed by atoms with Gasteiger partial charge in [0.05, 0.1) is 11.3 Å². The fraction of sp³-hybridized carbons (Fsp3) is 0.0870. The second kappa shape index (κ2) is 6.72. The Bertz CT molecular complexity index is 1110. The summed E-state index contributed by atoms with van der Waals surface area (Å²) in [6, 6.07) is 16.2. The van der Waals surface area contributed by atoms with Crippen molar-refractivity contribution in [2.75, 3.05) is 0 Å². The Morgan fingerprint density at radius 2 is 1.85 bits per heavy atom. The molecule has 27 heavy (non-hydrogen) atoms. The Balaban J connectivity index is 1.73. The maximum atomic E-state index is 14.1. The average Bonchev–Trinajstić information content (AvgIpc) is 3.23. The number of carbonyl (C=O) groups excluding carboxylic acids is 1. The monoisotopic (exact) mass is 359 g/mol. The van der Waals surface area contributed by atoms with Gasteiger partial charge in [-0.25, -0.2) is 9.18 Å². The lowest BCUT2D eigenvalue weighted by molar-refractivity contribution is -0.130. The topological polar surface area (TPSA) is 31.2 Å². The van der Waals surface area contributed by atoms with Gasteiger partial charge in [-0.2, -0.15) is 0 Å². The summed E-state index contributed by atoms with van der Waals surface area (Å²) in [5.74, 6) is -0.201. The normalized spacial score (nSPS) is 15.1. The van der Waals surface area contributed by atoms with Gasteiger partial charge in [0.25, 0.3) is 0 Å². The van der Waals surface area contributed by atoms with Crippen LogP contribution in [0.5, 0.6) is 0 Å². The van der Waals surface area contributed by atoms with Crippen LogP contribution in [-0.4, -0.2) is 10.5 Å². The molecule has 3 nitrogen and oxygen atoms in total. The summed E-state index contributed by atoms with van der Waals surface area (Å²) in [6.07, 6.45) is 5.21. The number of hydrogen-bond donors (Lipinski definition) is 0. The molecule has 4 heteroatoms. The van der Waals surface area contributed by atoms with Gasteiger partial charge in [-0.3, -0.25) is 0 Å². The SMILES string of the molecule is Cc1ccc(C2=C/C(=C/c3cccn3-c3ccccc3F)C(=O)O2)c(C)c1. The summed E-state index contributed by atoms with van der Waals surface area (Å²) in [5.41, 5.74) is 4.65. The molecule has 0 saturated carbocycles. The van der Waals surface area contributed by atoms with E-state index in [2.05, 4.69) is 6.07 Å². The van der Waals surface area contributed by atoms with E-state index in [4.69, 9.17) is 4.74 Å². The van der Waals surface area contributed by atoms with Gasteiger partial charge in [-0.15, -0.1) is 0 Å². The lowest BCUT2D eigenvalue weighted by atomic mass is 10.0. The van der Waals surface area contributed by atoms with Crippen LogP contribution in [0.15, 0.2) is 72.4 Å². The number of para-hydroxylation sites is 1. The van der Waals surface area contributed by atoms with Crippen molar-refractivity contribution in [3.05, 3.63) is 101 Å². The van der Waals surface area contributed by atoms with Gasteiger partial charge in [0.15, 0.2) is 0 Å². The van der Waals surface area contributed by atoms with Crippen LogP contribution in [0.4, 0.5) is 4.39 Å². The van der Waals surface area contributed by atoms with Crippen LogP contribution in [0.25, 0.3) is 17.5 Å². The highest BCUT2D eigenvalue weighted by Crippen LogP contribution is 2.30. The van der Waals surface area contributed by atoms with Crippen molar-refractivity contribution in [2.45, 2.75) is 13.8 Å². The second-order valence-corrected chi connectivity index (χ2v) is 6.57. The van der Waals surface area contributed by atoms with Gasteiger partial charge in [0.2, 0.25) is 0 Å². The van der Waals surface area contributed by atoms with Crippen LogP contribution in [0.3, 0.4) is 0 Å². The van der Waals surface area contributed by atoms with Crippen LogP contribution in [0.2, 0.25) is 0 Å². The molecule has 3 aromatic rings. The molecule has 1 aliphatic rings. The third-order valence-corrected chi connectivity index (χ3v) is 4.57. The van der Waals surface area contributed by atoms with E-state index in [0.29, 0.717) is 22.7 Å². The molecule has 4 rings (SSSR count). The maximum absolute atomic E-state index is 14.1. The van der Waals surface area contributed by atoms with Crippen molar-refractivity contribution < 1.29 is 13.9 Å². The van der Waals surface area contributed by atoms with E-state index >= 15 is 0 Å². The number of ether oxygens (including phenoxy) is 1. The minimum absolute atomic E-state index is 0.325. The van der Waals surface area contributed by atoms with E-state index in [1.54, 1.807) is 41.1 Å². The summed E-state index contributed by atoms with van der Waals surface area (Å²) in [4.78, 5) is 12.4. The van der Waals surface area contributed by atoms with E-state index in [9.17, 15) is 9.18 Å². The summed E-state index contributed by atoms with van der Waals surface area (Å²) >= 11 is 0. The third kappa shape index (κ3) is 3.22. The molecule has 0 N–H and O–H groups in total.